The van der Waals surface area contributed by atoms with Gasteiger partial charge >= 0.3 is 0 Å². The summed E-state index contributed by atoms with van der Waals surface area (Å²) in [5.74, 6) is 0. The Hall–Kier alpha value is -2.27. The van der Waals surface area contributed by atoms with E-state index in [9.17, 15) is 0 Å². The van der Waals surface area contributed by atoms with E-state index in [1.807, 2.05) is 38.5 Å². The highest BCUT2D eigenvalue weighted by Gasteiger charge is 2.17. The summed E-state index contributed by atoms with van der Waals surface area (Å²) in [6, 6.07) is 8.06. The molecule has 1 unspecified atom stereocenters. The van der Waals surface area contributed by atoms with Gasteiger partial charge in [0.15, 0.2) is 0 Å². The summed E-state index contributed by atoms with van der Waals surface area (Å²) in [4.78, 5) is 8.79. The first-order chi connectivity index (χ1) is 9.29. The van der Waals surface area contributed by atoms with E-state index in [1.165, 1.54) is 0 Å². The van der Waals surface area contributed by atoms with E-state index < -0.39 is 0 Å². The van der Waals surface area contributed by atoms with Gasteiger partial charge in [0.25, 0.3) is 0 Å². The van der Waals surface area contributed by atoms with Crippen molar-refractivity contribution in [1.29, 1.82) is 0 Å². The summed E-state index contributed by atoms with van der Waals surface area (Å²) in [6.45, 7) is 0. The standard InChI is InChI=1S/C14H15N5/c1-15-13(12-6-9-19(2)18-12)10-4-3-5-11-14(10)17-8-7-16-11/h3-9,13,15H,1-2H3. The fourth-order valence-corrected chi connectivity index (χ4v) is 2.30. The Morgan fingerprint density at radius 2 is 2.00 bits per heavy atom. The Balaban J connectivity index is 2.16. The van der Waals surface area contributed by atoms with E-state index in [2.05, 4.69) is 26.4 Å². The molecule has 1 atom stereocenters. The van der Waals surface area contributed by atoms with Crippen molar-refractivity contribution in [3.05, 3.63) is 54.1 Å². The number of fused-ring (bicyclic) bond motifs is 1. The molecule has 0 fully saturated rings. The van der Waals surface area contributed by atoms with E-state index in [0.29, 0.717) is 0 Å². The molecule has 2 aromatic heterocycles. The number of hydrogen-bond acceptors (Lipinski definition) is 4. The lowest BCUT2D eigenvalue weighted by molar-refractivity contribution is 0.644. The largest absolute Gasteiger partial charge is 0.308 e. The third-order valence-electron chi connectivity index (χ3n) is 3.16. The molecule has 0 aliphatic heterocycles. The molecule has 1 N–H and O–H groups in total. The van der Waals surface area contributed by atoms with Gasteiger partial charge in [-0.15, -0.1) is 0 Å². The lowest BCUT2D eigenvalue weighted by Crippen LogP contribution is -2.19. The van der Waals surface area contributed by atoms with Gasteiger partial charge in [-0.3, -0.25) is 14.6 Å². The van der Waals surface area contributed by atoms with Gasteiger partial charge in [0, 0.05) is 31.2 Å². The predicted molar refractivity (Wildman–Crippen MR) is 73.6 cm³/mol. The fourth-order valence-electron chi connectivity index (χ4n) is 2.30. The second kappa shape index (κ2) is 4.78. The minimum absolute atomic E-state index is 0.0154. The molecule has 2 heterocycles. The summed E-state index contributed by atoms with van der Waals surface area (Å²) >= 11 is 0. The van der Waals surface area contributed by atoms with Crippen LogP contribution in [0.15, 0.2) is 42.9 Å². The summed E-state index contributed by atoms with van der Waals surface area (Å²) in [7, 11) is 3.84. The Morgan fingerprint density at radius 1 is 1.16 bits per heavy atom. The maximum Gasteiger partial charge on any atom is 0.0938 e. The van der Waals surface area contributed by atoms with E-state index in [1.54, 1.807) is 17.1 Å². The predicted octanol–water partition coefficient (Wildman–Crippen LogP) is 1.67. The first kappa shape index (κ1) is 11.8. The van der Waals surface area contributed by atoms with Crippen molar-refractivity contribution < 1.29 is 0 Å². The smallest absolute Gasteiger partial charge is 0.0938 e. The van der Waals surface area contributed by atoms with Gasteiger partial charge < -0.3 is 5.32 Å². The summed E-state index contributed by atoms with van der Waals surface area (Å²) < 4.78 is 1.80. The van der Waals surface area contributed by atoms with E-state index in [0.717, 1.165) is 22.3 Å². The number of hydrogen-bond donors (Lipinski definition) is 1. The molecule has 5 heteroatoms. The Bertz CT molecular complexity index is 698. The molecule has 5 nitrogen and oxygen atoms in total. The van der Waals surface area contributed by atoms with Crippen LogP contribution in [0, 0.1) is 0 Å². The van der Waals surface area contributed by atoms with Crippen LogP contribution in [0.2, 0.25) is 0 Å². The van der Waals surface area contributed by atoms with Crippen molar-refractivity contribution in [2.24, 2.45) is 7.05 Å². The number of nitrogens with zero attached hydrogens (tertiary/aromatic N) is 4. The van der Waals surface area contributed by atoms with Crippen LogP contribution in [-0.4, -0.2) is 26.8 Å². The lowest BCUT2D eigenvalue weighted by atomic mass is 10.0. The highest BCUT2D eigenvalue weighted by Crippen LogP contribution is 2.25. The van der Waals surface area contributed by atoms with Crippen LogP contribution < -0.4 is 5.32 Å². The Labute approximate surface area is 111 Å². The number of para-hydroxylation sites is 1. The fraction of sp³-hybridized carbons (Fsp3) is 0.214. The van der Waals surface area contributed by atoms with Crippen molar-refractivity contribution in [2.75, 3.05) is 7.05 Å². The molecule has 0 bridgehead atoms. The maximum atomic E-state index is 4.47. The summed E-state index contributed by atoms with van der Waals surface area (Å²) in [5, 5.41) is 7.77. The minimum Gasteiger partial charge on any atom is -0.308 e. The van der Waals surface area contributed by atoms with Gasteiger partial charge in [0.05, 0.1) is 22.8 Å². The first-order valence-electron chi connectivity index (χ1n) is 6.16. The molecule has 1 aromatic carbocycles. The second-order valence-corrected chi connectivity index (χ2v) is 4.41. The van der Waals surface area contributed by atoms with E-state index in [4.69, 9.17) is 0 Å². The van der Waals surface area contributed by atoms with Crippen LogP contribution in [0.25, 0.3) is 11.0 Å². The van der Waals surface area contributed by atoms with Crippen LogP contribution in [0.5, 0.6) is 0 Å². The molecular weight excluding hydrogens is 238 g/mol. The summed E-state index contributed by atoms with van der Waals surface area (Å²) in [6.07, 6.45) is 5.37. The van der Waals surface area contributed by atoms with Crippen molar-refractivity contribution in [3.8, 4) is 0 Å². The molecule has 0 spiro atoms. The van der Waals surface area contributed by atoms with E-state index in [-0.39, 0.29) is 6.04 Å². The van der Waals surface area contributed by atoms with Crippen molar-refractivity contribution >= 4 is 11.0 Å². The van der Waals surface area contributed by atoms with E-state index >= 15 is 0 Å². The maximum absolute atomic E-state index is 4.47. The van der Waals surface area contributed by atoms with Gasteiger partial charge in [-0.05, 0) is 19.2 Å². The summed E-state index contributed by atoms with van der Waals surface area (Å²) in [5.41, 5.74) is 3.88. The third kappa shape index (κ3) is 2.08. The molecule has 0 saturated carbocycles. The molecule has 19 heavy (non-hydrogen) atoms. The third-order valence-corrected chi connectivity index (χ3v) is 3.16. The van der Waals surface area contributed by atoms with Gasteiger partial charge in [0.1, 0.15) is 0 Å². The molecule has 0 aliphatic rings. The quantitative estimate of drug-likeness (QED) is 0.771. The van der Waals surface area contributed by atoms with Crippen molar-refractivity contribution in [2.45, 2.75) is 6.04 Å². The van der Waals surface area contributed by atoms with Crippen LogP contribution >= 0.6 is 0 Å². The normalized spacial score (nSPS) is 12.7. The second-order valence-electron chi connectivity index (χ2n) is 4.41. The van der Waals surface area contributed by atoms with Gasteiger partial charge in [0.2, 0.25) is 0 Å². The molecular formula is C14H15N5. The number of nitrogens with one attached hydrogen (secondary N) is 1. The van der Waals surface area contributed by atoms with Crippen molar-refractivity contribution in [1.82, 2.24) is 25.1 Å². The zero-order valence-corrected chi connectivity index (χ0v) is 10.9. The van der Waals surface area contributed by atoms with Gasteiger partial charge in [-0.2, -0.15) is 5.10 Å². The Morgan fingerprint density at radius 3 is 2.74 bits per heavy atom. The zero-order valence-electron chi connectivity index (χ0n) is 10.9. The monoisotopic (exact) mass is 253 g/mol. The number of aromatic nitrogens is 4. The molecule has 0 aliphatic carbocycles. The molecule has 0 radical (unpaired) electrons. The number of benzene rings is 1. The average molecular weight is 253 g/mol. The lowest BCUT2D eigenvalue weighted by Gasteiger charge is -2.15. The molecule has 0 saturated heterocycles. The van der Waals surface area contributed by atoms with Crippen LogP contribution in [-0.2, 0) is 7.05 Å². The SMILES string of the molecule is CNC(c1ccn(C)n1)c1cccc2nccnc12. The van der Waals surface area contributed by atoms with Crippen molar-refractivity contribution in [3.63, 3.8) is 0 Å². The van der Waals surface area contributed by atoms with Gasteiger partial charge in [-0.25, -0.2) is 0 Å². The highest BCUT2D eigenvalue weighted by molar-refractivity contribution is 5.78. The highest BCUT2D eigenvalue weighted by atomic mass is 15.3. The van der Waals surface area contributed by atoms with Gasteiger partial charge in [-0.1, -0.05) is 12.1 Å². The molecule has 3 aromatic rings. The molecule has 3 rings (SSSR count). The first-order valence-corrected chi connectivity index (χ1v) is 6.16. The molecule has 96 valence electrons. The number of aryl methyl sites for hydroxylation is 1. The zero-order chi connectivity index (χ0) is 13.2. The van der Waals surface area contributed by atoms with Crippen LogP contribution in [0.1, 0.15) is 17.3 Å². The molecule has 0 amide bonds. The topological polar surface area (TPSA) is 55.6 Å². The van der Waals surface area contributed by atoms with Crippen LogP contribution in [0.3, 0.4) is 0 Å². The number of rotatable bonds is 3. The van der Waals surface area contributed by atoms with Crippen LogP contribution in [0.4, 0.5) is 0 Å². The Kier molecular flexibility index (Phi) is 2.97. The minimum atomic E-state index is 0.0154. The average Bonchev–Trinajstić information content (AvgIpc) is 2.86.